The van der Waals surface area contributed by atoms with Gasteiger partial charge in [0.05, 0.1) is 5.69 Å². The minimum Gasteiger partial charge on any atom is -0.312 e. The summed E-state index contributed by atoms with van der Waals surface area (Å²) < 4.78 is 1.85. The minimum atomic E-state index is 0.868. The van der Waals surface area contributed by atoms with Gasteiger partial charge in [0.25, 0.3) is 0 Å². The summed E-state index contributed by atoms with van der Waals surface area (Å²) in [6.45, 7) is 3.84. The zero-order valence-electron chi connectivity index (χ0n) is 10.3. The van der Waals surface area contributed by atoms with Gasteiger partial charge in [-0.1, -0.05) is 6.07 Å². The Bertz CT molecular complexity index is 462. The second kappa shape index (κ2) is 5.59. The highest BCUT2D eigenvalue weighted by Gasteiger charge is 2.01. The minimum absolute atomic E-state index is 0.868. The zero-order valence-corrected chi connectivity index (χ0v) is 10.3. The smallest absolute Gasteiger partial charge is 0.0638 e. The summed E-state index contributed by atoms with van der Waals surface area (Å²) in [4.78, 5) is 4.29. The average Bonchev–Trinajstić information content (AvgIpc) is 2.65. The lowest BCUT2D eigenvalue weighted by molar-refractivity contribution is 0.677. The lowest BCUT2D eigenvalue weighted by Crippen LogP contribution is -2.17. The van der Waals surface area contributed by atoms with E-state index in [0.717, 1.165) is 30.9 Å². The van der Waals surface area contributed by atoms with E-state index < -0.39 is 0 Å². The van der Waals surface area contributed by atoms with Crippen molar-refractivity contribution in [2.24, 2.45) is 7.05 Å². The van der Waals surface area contributed by atoms with E-state index in [-0.39, 0.29) is 0 Å². The second-order valence-electron chi connectivity index (χ2n) is 4.16. The molecule has 2 heterocycles. The molecule has 2 aromatic heterocycles. The van der Waals surface area contributed by atoms with Crippen molar-refractivity contribution in [3.63, 3.8) is 0 Å². The third-order valence-electron chi connectivity index (χ3n) is 2.71. The molecule has 1 N–H and O–H groups in total. The van der Waals surface area contributed by atoms with Crippen molar-refractivity contribution in [2.75, 3.05) is 6.54 Å². The molecule has 0 atom stereocenters. The maximum absolute atomic E-state index is 4.31. The molecule has 0 aliphatic rings. The summed E-state index contributed by atoms with van der Waals surface area (Å²) >= 11 is 0. The molecule has 4 nitrogen and oxygen atoms in total. The van der Waals surface area contributed by atoms with Crippen LogP contribution < -0.4 is 5.32 Å². The van der Waals surface area contributed by atoms with Gasteiger partial charge >= 0.3 is 0 Å². The van der Waals surface area contributed by atoms with Gasteiger partial charge in [-0.2, -0.15) is 5.10 Å². The molecule has 4 heteroatoms. The standard InChI is InChI=1S/C13H18N4/c1-11-12(10-17(2)16-11)9-14-8-6-13-5-3-4-7-15-13/h3-5,7,10,14H,6,8-9H2,1-2H3. The van der Waals surface area contributed by atoms with E-state index in [4.69, 9.17) is 0 Å². The number of aromatic nitrogens is 3. The molecule has 0 saturated carbocycles. The van der Waals surface area contributed by atoms with E-state index in [2.05, 4.69) is 27.7 Å². The number of hydrogen-bond acceptors (Lipinski definition) is 3. The van der Waals surface area contributed by atoms with E-state index >= 15 is 0 Å². The predicted octanol–water partition coefficient (Wildman–Crippen LogP) is 1.46. The van der Waals surface area contributed by atoms with Crippen LogP contribution in [-0.4, -0.2) is 21.3 Å². The Morgan fingerprint density at radius 3 is 2.88 bits per heavy atom. The summed E-state index contributed by atoms with van der Waals surface area (Å²) in [5, 5.41) is 7.72. The molecule has 0 aliphatic carbocycles. The van der Waals surface area contributed by atoms with Crippen LogP contribution >= 0.6 is 0 Å². The summed E-state index contributed by atoms with van der Waals surface area (Å²) in [5.74, 6) is 0. The van der Waals surface area contributed by atoms with Crippen molar-refractivity contribution in [1.82, 2.24) is 20.1 Å². The molecular weight excluding hydrogens is 212 g/mol. The number of nitrogens with zero attached hydrogens (tertiary/aromatic N) is 3. The first kappa shape index (κ1) is 11.8. The van der Waals surface area contributed by atoms with E-state index in [9.17, 15) is 0 Å². The fraction of sp³-hybridized carbons (Fsp3) is 0.385. The maximum atomic E-state index is 4.31. The van der Waals surface area contributed by atoms with E-state index in [0.29, 0.717) is 0 Å². The summed E-state index contributed by atoms with van der Waals surface area (Å²) in [6, 6.07) is 6.01. The van der Waals surface area contributed by atoms with Gasteiger partial charge in [-0.3, -0.25) is 9.67 Å². The van der Waals surface area contributed by atoms with Crippen molar-refractivity contribution >= 4 is 0 Å². The number of aryl methyl sites for hydroxylation is 2. The molecule has 17 heavy (non-hydrogen) atoms. The van der Waals surface area contributed by atoms with Crippen LogP contribution in [0, 0.1) is 6.92 Å². The van der Waals surface area contributed by atoms with Crippen molar-refractivity contribution in [1.29, 1.82) is 0 Å². The van der Waals surface area contributed by atoms with Crippen LogP contribution in [0.1, 0.15) is 17.0 Å². The zero-order chi connectivity index (χ0) is 12.1. The fourth-order valence-electron chi connectivity index (χ4n) is 1.81. The van der Waals surface area contributed by atoms with Gasteiger partial charge in [0.1, 0.15) is 0 Å². The monoisotopic (exact) mass is 230 g/mol. The highest BCUT2D eigenvalue weighted by Crippen LogP contribution is 2.03. The van der Waals surface area contributed by atoms with Crippen LogP contribution in [0.4, 0.5) is 0 Å². The molecule has 0 spiro atoms. The van der Waals surface area contributed by atoms with Gasteiger partial charge in [-0.05, 0) is 19.1 Å². The molecule has 0 unspecified atom stereocenters. The van der Waals surface area contributed by atoms with Crippen molar-refractivity contribution < 1.29 is 0 Å². The normalized spacial score (nSPS) is 10.7. The number of hydrogen-bond donors (Lipinski definition) is 1. The van der Waals surface area contributed by atoms with Gasteiger partial charge < -0.3 is 5.32 Å². The van der Waals surface area contributed by atoms with E-state index in [1.54, 1.807) is 0 Å². The lowest BCUT2D eigenvalue weighted by atomic mass is 10.2. The van der Waals surface area contributed by atoms with Crippen LogP contribution in [0.2, 0.25) is 0 Å². The summed E-state index contributed by atoms with van der Waals surface area (Å²) in [5.41, 5.74) is 3.48. The Kier molecular flexibility index (Phi) is 3.88. The van der Waals surface area contributed by atoms with E-state index in [1.165, 1.54) is 5.56 Å². The third kappa shape index (κ3) is 3.39. The van der Waals surface area contributed by atoms with Gasteiger partial charge in [0, 0.05) is 50.2 Å². The number of nitrogens with one attached hydrogen (secondary N) is 1. The molecule has 0 radical (unpaired) electrons. The van der Waals surface area contributed by atoms with Crippen LogP contribution in [-0.2, 0) is 20.0 Å². The highest BCUT2D eigenvalue weighted by atomic mass is 15.2. The molecule has 2 rings (SSSR count). The Labute approximate surface area is 102 Å². The highest BCUT2D eigenvalue weighted by molar-refractivity contribution is 5.14. The van der Waals surface area contributed by atoms with Crippen LogP contribution in [0.3, 0.4) is 0 Å². The van der Waals surface area contributed by atoms with Gasteiger partial charge in [0.2, 0.25) is 0 Å². The number of rotatable bonds is 5. The maximum Gasteiger partial charge on any atom is 0.0638 e. The van der Waals surface area contributed by atoms with Gasteiger partial charge in [0.15, 0.2) is 0 Å². The van der Waals surface area contributed by atoms with Crippen LogP contribution in [0.25, 0.3) is 0 Å². The largest absolute Gasteiger partial charge is 0.312 e. The third-order valence-corrected chi connectivity index (χ3v) is 2.71. The molecule has 90 valence electrons. The van der Waals surface area contributed by atoms with Crippen molar-refractivity contribution in [3.8, 4) is 0 Å². The Balaban J connectivity index is 1.75. The summed E-state index contributed by atoms with van der Waals surface area (Å²) in [7, 11) is 1.95. The molecule has 0 amide bonds. The second-order valence-corrected chi connectivity index (χ2v) is 4.16. The fourth-order valence-corrected chi connectivity index (χ4v) is 1.81. The summed E-state index contributed by atoms with van der Waals surface area (Å²) in [6.07, 6.45) is 4.85. The van der Waals surface area contributed by atoms with Crippen molar-refractivity contribution in [2.45, 2.75) is 19.9 Å². The molecule has 0 aliphatic heterocycles. The first-order valence-corrected chi connectivity index (χ1v) is 5.85. The quantitative estimate of drug-likeness (QED) is 0.791. The predicted molar refractivity (Wildman–Crippen MR) is 67.6 cm³/mol. The Morgan fingerprint density at radius 1 is 1.35 bits per heavy atom. The Morgan fingerprint density at radius 2 is 2.24 bits per heavy atom. The molecule has 2 aromatic rings. The molecule has 0 bridgehead atoms. The molecule has 0 fully saturated rings. The first-order valence-electron chi connectivity index (χ1n) is 5.85. The Hall–Kier alpha value is -1.68. The van der Waals surface area contributed by atoms with Crippen LogP contribution in [0.5, 0.6) is 0 Å². The van der Waals surface area contributed by atoms with Crippen LogP contribution in [0.15, 0.2) is 30.6 Å². The van der Waals surface area contributed by atoms with E-state index in [1.807, 2.05) is 37.0 Å². The van der Waals surface area contributed by atoms with Crippen molar-refractivity contribution in [3.05, 3.63) is 47.5 Å². The SMILES string of the molecule is Cc1nn(C)cc1CNCCc1ccccn1. The van der Waals surface area contributed by atoms with Gasteiger partial charge in [-0.15, -0.1) is 0 Å². The first-order chi connectivity index (χ1) is 8.25. The molecule has 0 aromatic carbocycles. The molecule has 0 saturated heterocycles. The van der Waals surface area contributed by atoms with Gasteiger partial charge in [-0.25, -0.2) is 0 Å². The average molecular weight is 230 g/mol. The molecular formula is C13H18N4. The number of pyridine rings is 1. The lowest BCUT2D eigenvalue weighted by Gasteiger charge is -2.03. The topological polar surface area (TPSA) is 42.7 Å².